The molecule has 3 aromatic rings. The van der Waals surface area contributed by atoms with E-state index in [2.05, 4.69) is 10.4 Å². The van der Waals surface area contributed by atoms with Gasteiger partial charge in [0.15, 0.2) is 5.69 Å². The van der Waals surface area contributed by atoms with Crippen LogP contribution in [0.3, 0.4) is 0 Å². The molecule has 162 valence electrons. The van der Waals surface area contributed by atoms with Crippen molar-refractivity contribution < 1.29 is 13.2 Å². The highest BCUT2D eigenvalue weighted by atomic mass is 32.2. The van der Waals surface area contributed by atoms with Crippen molar-refractivity contribution in [2.24, 2.45) is 0 Å². The van der Waals surface area contributed by atoms with Crippen molar-refractivity contribution in [3.8, 4) is 5.69 Å². The van der Waals surface area contributed by atoms with Crippen LogP contribution in [0.1, 0.15) is 30.3 Å². The number of amides is 1. The van der Waals surface area contributed by atoms with Crippen molar-refractivity contribution >= 4 is 26.7 Å². The van der Waals surface area contributed by atoms with Crippen molar-refractivity contribution in [2.75, 3.05) is 18.8 Å². The third kappa shape index (κ3) is 4.24. The Morgan fingerprint density at radius 1 is 1.03 bits per heavy atom. The lowest BCUT2D eigenvalue weighted by molar-refractivity contribution is 0.0919. The zero-order chi connectivity index (χ0) is 22.0. The third-order valence-electron chi connectivity index (χ3n) is 5.57. The third-order valence-corrected chi connectivity index (χ3v) is 7.45. The molecular weight excluding hydrogens is 416 g/mol. The van der Waals surface area contributed by atoms with Crippen LogP contribution in [0.4, 0.5) is 0 Å². The van der Waals surface area contributed by atoms with Gasteiger partial charge in [0.1, 0.15) is 0 Å². The van der Waals surface area contributed by atoms with Gasteiger partial charge in [0, 0.05) is 24.5 Å². The Morgan fingerprint density at radius 3 is 2.29 bits per heavy atom. The van der Waals surface area contributed by atoms with Crippen LogP contribution in [-0.4, -0.2) is 53.3 Å². The number of carbonyl (C=O) groups is 1. The SMILES string of the molecule is CCS(=O)(=O)N1CCC(NC(=O)c2nn(-c3ccccc3)c(=O)c3ccccc23)CC1. The van der Waals surface area contributed by atoms with E-state index < -0.39 is 10.0 Å². The molecule has 0 saturated carbocycles. The fraction of sp³-hybridized carbons (Fsp3) is 0.318. The van der Waals surface area contributed by atoms with Gasteiger partial charge in [0.05, 0.1) is 16.8 Å². The number of piperidine rings is 1. The highest BCUT2D eigenvalue weighted by Gasteiger charge is 2.28. The first-order chi connectivity index (χ1) is 14.9. The summed E-state index contributed by atoms with van der Waals surface area (Å²) in [7, 11) is -3.22. The minimum atomic E-state index is -3.22. The van der Waals surface area contributed by atoms with E-state index in [0.29, 0.717) is 42.4 Å². The van der Waals surface area contributed by atoms with Crippen molar-refractivity contribution in [3.05, 3.63) is 70.6 Å². The molecule has 9 heteroatoms. The maximum atomic E-state index is 13.1. The Labute approximate surface area is 180 Å². The summed E-state index contributed by atoms with van der Waals surface area (Å²) in [5.74, 6) is -0.307. The first-order valence-electron chi connectivity index (χ1n) is 10.3. The highest BCUT2D eigenvalue weighted by molar-refractivity contribution is 7.89. The summed E-state index contributed by atoms with van der Waals surface area (Å²) in [5, 5.41) is 8.27. The number of carbonyl (C=O) groups excluding carboxylic acids is 1. The molecule has 31 heavy (non-hydrogen) atoms. The van der Waals surface area contributed by atoms with Gasteiger partial charge in [-0.2, -0.15) is 9.78 Å². The number of para-hydroxylation sites is 1. The average molecular weight is 441 g/mol. The first-order valence-corrected chi connectivity index (χ1v) is 11.9. The molecule has 1 aliphatic rings. The highest BCUT2D eigenvalue weighted by Crippen LogP contribution is 2.18. The average Bonchev–Trinajstić information content (AvgIpc) is 2.80. The van der Waals surface area contributed by atoms with Crippen LogP contribution in [0.25, 0.3) is 16.5 Å². The second kappa shape index (κ2) is 8.60. The van der Waals surface area contributed by atoms with E-state index in [1.54, 1.807) is 55.5 Å². The van der Waals surface area contributed by atoms with Crippen LogP contribution in [0.15, 0.2) is 59.4 Å². The molecule has 1 aromatic heterocycles. The molecule has 1 N–H and O–H groups in total. The molecule has 4 rings (SSSR count). The Kier molecular flexibility index (Phi) is 5.88. The lowest BCUT2D eigenvalue weighted by atomic mass is 10.1. The lowest BCUT2D eigenvalue weighted by Gasteiger charge is -2.31. The Balaban J connectivity index is 1.63. The summed E-state index contributed by atoms with van der Waals surface area (Å²) in [4.78, 5) is 26.1. The molecule has 0 radical (unpaired) electrons. The summed E-state index contributed by atoms with van der Waals surface area (Å²) in [6.07, 6.45) is 1.06. The molecule has 0 spiro atoms. The second-order valence-electron chi connectivity index (χ2n) is 7.49. The molecule has 8 nitrogen and oxygen atoms in total. The van der Waals surface area contributed by atoms with Crippen LogP contribution in [0.5, 0.6) is 0 Å². The predicted molar refractivity (Wildman–Crippen MR) is 119 cm³/mol. The molecule has 0 bridgehead atoms. The fourth-order valence-corrected chi connectivity index (χ4v) is 4.95. The van der Waals surface area contributed by atoms with Crippen LogP contribution in [0.2, 0.25) is 0 Å². The van der Waals surface area contributed by atoms with Crippen molar-refractivity contribution in [1.82, 2.24) is 19.4 Å². The van der Waals surface area contributed by atoms with Gasteiger partial charge in [0.25, 0.3) is 11.5 Å². The summed E-state index contributed by atoms with van der Waals surface area (Å²) >= 11 is 0. The number of nitrogens with one attached hydrogen (secondary N) is 1. The Hall–Kier alpha value is -3.04. The zero-order valence-corrected chi connectivity index (χ0v) is 18.0. The molecular formula is C22H24N4O4S. The van der Waals surface area contributed by atoms with E-state index in [1.165, 1.54) is 8.99 Å². The molecule has 1 fully saturated rings. The number of hydrogen-bond acceptors (Lipinski definition) is 5. The second-order valence-corrected chi connectivity index (χ2v) is 9.75. The predicted octanol–water partition coefficient (Wildman–Crippen LogP) is 1.93. The van der Waals surface area contributed by atoms with E-state index in [-0.39, 0.29) is 29.0 Å². The van der Waals surface area contributed by atoms with Gasteiger partial charge in [-0.05, 0) is 38.0 Å². The summed E-state index contributed by atoms with van der Waals surface area (Å²) in [6, 6.07) is 15.7. The van der Waals surface area contributed by atoms with Crippen LogP contribution in [-0.2, 0) is 10.0 Å². The Morgan fingerprint density at radius 2 is 1.65 bits per heavy atom. The molecule has 2 heterocycles. The van der Waals surface area contributed by atoms with E-state index in [1.807, 2.05) is 6.07 Å². The molecule has 0 unspecified atom stereocenters. The standard InChI is InChI=1S/C22H24N4O4S/c1-2-31(29,30)25-14-12-16(13-15-25)23-21(27)20-18-10-6-7-11-19(18)22(28)26(24-20)17-8-4-3-5-9-17/h3-11,16H,2,12-15H2,1H3,(H,23,27). The smallest absolute Gasteiger partial charge is 0.279 e. The van der Waals surface area contributed by atoms with Gasteiger partial charge in [0.2, 0.25) is 10.0 Å². The molecule has 1 saturated heterocycles. The number of fused-ring (bicyclic) bond motifs is 1. The quantitative estimate of drug-likeness (QED) is 0.653. The summed E-state index contributed by atoms with van der Waals surface area (Å²) in [5.41, 5.74) is 0.449. The topological polar surface area (TPSA) is 101 Å². The maximum absolute atomic E-state index is 13.1. The number of nitrogens with zero attached hydrogens (tertiary/aromatic N) is 3. The number of hydrogen-bond donors (Lipinski definition) is 1. The Bertz CT molecular complexity index is 1260. The minimum absolute atomic E-state index is 0.0704. The fourth-order valence-electron chi connectivity index (χ4n) is 3.82. The summed E-state index contributed by atoms with van der Waals surface area (Å²) < 4.78 is 26.8. The number of benzene rings is 2. The zero-order valence-electron chi connectivity index (χ0n) is 17.2. The summed E-state index contributed by atoms with van der Waals surface area (Å²) in [6.45, 7) is 2.37. The van der Waals surface area contributed by atoms with E-state index in [9.17, 15) is 18.0 Å². The van der Waals surface area contributed by atoms with Crippen LogP contribution in [0, 0.1) is 0 Å². The van der Waals surface area contributed by atoms with Gasteiger partial charge in [-0.15, -0.1) is 0 Å². The molecule has 0 atom stereocenters. The molecule has 1 aliphatic heterocycles. The lowest BCUT2D eigenvalue weighted by Crippen LogP contribution is -2.47. The van der Waals surface area contributed by atoms with Crippen molar-refractivity contribution in [3.63, 3.8) is 0 Å². The van der Waals surface area contributed by atoms with E-state index >= 15 is 0 Å². The molecule has 1 amide bonds. The van der Waals surface area contributed by atoms with E-state index in [0.717, 1.165) is 0 Å². The molecule has 0 aliphatic carbocycles. The maximum Gasteiger partial charge on any atom is 0.279 e. The largest absolute Gasteiger partial charge is 0.348 e. The normalized spacial score (nSPS) is 15.8. The minimum Gasteiger partial charge on any atom is -0.348 e. The van der Waals surface area contributed by atoms with Gasteiger partial charge < -0.3 is 5.32 Å². The number of sulfonamides is 1. The van der Waals surface area contributed by atoms with Gasteiger partial charge in [-0.3, -0.25) is 9.59 Å². The van der Waals surface area contributed by atoms with E-state index in [4.69, 9.17) is 0 Å². The van der Waals surface area contributed by atoms with Crippen molar-refractivity contribution in [2.45, 2.75) is 25.8 Å². The van der Waals surface area contributed by atoms with Gasteiger partial charge in [-0.25, -0.2) is 12.7 Å². The number of aromatic nitrogens is 2. The first kappa shape index (κ1) is 21.2. The van der Waals surface area contributed by atoms with Crippen molar-refractivity contribution in [1.29, 1.82) is 0 Å². The van der Waals surface area contributed by atoms with Crippen LogP contribution < -0.4 is 10.9 Å². The van der Waals surface area contributed by atoms with Gasteiger partial charge >= 0.3 is 0 Å². The van der Waals surface area contributed by atoms with Gasteiger partial charge in [-0.1, -0.05) is 36.4 Å². The monoisotopic (exact) mass is 440 g/mol. The number of rotatable bonds is 5. The molecule has 2 aromatic carbocycles. The van der Waals surface area contributed by atoms with Crippen LogP contribution >= 0.6 is 0 Å².